The lowest BCUT2D eigenvalue weighted by Gasteiger charge is -2.19. The molecule has 5 nitrogen and oxygen atoms in total. The van der Waals surface area contributed by atoms with Crippen LogP contribution in [0, 0.1) is 0 Å². The molecule has 0 aliphatic rings. The monoisotopic (exact) mass is 330 g/mol. The van der Waals surface area contributed by atoms with Gasteiger partial charge in [0.1, 0.15) is 11.4 Å². The molecule has 0 atom stereocenters. The molecule has 2 aromatic heterocycles. The van der Waals surface area contributed by atoms with Gasteiger partial charge < -0.3 is 14.2 Å². The maximum Gasteiger partial charge on any atom is 0.229 e. The minimum atomic E-state index is 0.0407. The molecule has 3 aromatic rings. The summed E-state index contributed by atoms with van der Waals surface area (Å²) in [5.74, 6) is 0.763. The van der Waals surface area contributed by atoms with Gasteiger partial charge in [-0.1, -0.05) is 11.2 Å². The average molecular weight is 330 g/mol. The second-order valence-corrected chi connectivity index (χ2v) is 6.19. The van der Waals surface area contributed by atoms with Crippen molar-refractivity contribution in [1.82, 2.24) is 10.1 Å². The van der Waals surface area contributed by atoms with E-state index in [1.54, 1.807) is 24.5 Å². The Bertz CT molecular complexity index is 795. The van der Waals surface area contributed by atoms with Crippen LogP contribution in [-0.4, -0.2) is 29.6 Å². The summed E-state index contributed by atoms with van der Waals surface area (Å²) in [7, 11) is 1.61. The summed E-state index contributed by atoms with van der Waals surface area (Å²) < 4.78 is 10.5. The van der Waals surface area contributed by atoms with Crippen molar-refractivity contribution < 1.29 is 14.1 Å². The summed E-state index contributed by atoms with van der Waals surface area (Å²) in [6.07, 6.45) is 0.222. The van der Waals surface area contributed by atoms with Gasteiger partial charge in [-0.2, -0.15) is 0 Å². The van der Waals surface area contributed by atoms with E-state index in [4.69, 9.17) is 9.26 Å². The molecule has 23 heavy (non-hydrogen) atoms. The number of carbonyl (C=O) groups excluding carboxylic acids is 1. The molecule has 0 spiro atoms. The number of nitrogens with zero attached hydrogens (tertiary/aromatic N) is 2. The zero-order chi connectivity index (χ0) is 16.2. The fourth-order valence-corrected chi connectivity index (χ4v) is 3.16. The smallest absolute Gasteiger partial charge is 0.229 e. The first-order valence-electron chi connectivity index (χ1n) is 7.43. The maximum atomic E-state index is 12.6. The Morgan fingerprint density at radius 3 is 2.96 bits per heavy atom. The molecule has 1 aromatic carbocycles. The second-order valence-electron chi connectivity index (χ2n) is 5.16. The molecule has 0 N–H and O–H groups in total. The standard InChI is InChI=1S/C17H18N2O3S/c1-3-19(11-13-5-4-8-23-13)17(20)10-15-14-9-12(21-2)6-7-16(14)22-18-15/h4-9H,3,10-11H2,1-2H3. The summed E-state index contributed by atoms with van der Waals surface area (Å²) in [5, 5.41) is 6.89. The molecule has 3 rings (SSSR count). The zero-order valence-electron chi connectivity index (χ0n) is 13.1. The summed E-state index contributed by atoms with van der Waals surface area (Å²) >= 11 is 1.65. The molecule has 1 amide bonds. The van der Waals surface area contributed by atoms with Gasteiger partial charge in [-0.05, 0) is 36.6 Å². The third-order valence-corrected chi connectivity index (χ3v) is 4.59. The zero-order valence-corrected chi connectivity index (χ0v) is 13.9. The van der Waals surface area contributed by atoms with Crippen LogP contribution in [0.15, 0.2) is 40.2 Å². The molecule has 2 heterocycles. The minimum Gasteiger partial charge on any atom is -0.497 e. The number of rotatable bonds is 6. The first-order chi connectivity index (χ1) is 11.2. The van der Waals surface area contributed by atoms with Crippen molar-refractivity contribution in [2.75, 3.05) is 13.7 Å². The van der Waals surface area contributed by atoms with Crippen molar-refractivity contribution in [3.8, 4) is 5.75 Å². The maximum absolute atomic E-state index is 12.6. The third-order valence-electron chi connectivity index (χ3n) is 3.73. The summed E-state index contributed by atoms with van der Waals surface area (Å²) in [4.78, 5) is 15.6. The van der Waals surface area contributed by atoms with E-state index in [0.29, 0.717) is 24.4 Å². The highest BCUT2D eigenvalue weighted by atomic mass is 32.1. The van der Waals surface area contributed by atoms with Gasteiger partial charge in [-0.15, -0.1) is 11.3 Å². The van der Waals surface area contributed by atoms with E-state index >= 15 is 0 Å². The molecule has 6 heteroatoms. The normalized spacial score (nSPS) is 10.9. The van der Waals surface area contributed by atoms with E-state index in [9.17, 15) is 4.79 Å². The number of amides is 1. The first kappa shape index (κ1) is 15.6. The Labute approximate surface area is 138 Å². The van der Waals surface area contributed by atoms with Crippen molar-refractivity contribution in [3.63, 3.8) is 0 Å². The third kappa shape index (κ3) is 3.37. The predicted octanol–water partition coefficient (Wildman–Crippen LogP) is 3.49. The number of methoxy groups -OCH3 is 1. The van der Waals surface area contributed by atoms with E-state index in [-0.39, 0.29) is 12.3 Å². The molecule has 0 bridgehead atoms. The van der Waals surface area contributed by atoms with Gasteiger partial charge in [0.15, 0.2) is 5.58 Å². The molecule has 0 aliphatic heterocycles. The second kappa shape index (κ2) is 6.83. The number of fused-ring (bicyclic) bond motifs is 1. The number of aromatic nitrogens is 1. The Balaban J connectivity index is 1.78. The van der Waals surface area contributed by atoms with E-state index < -0.39 is 0 Å². The molecule has 120 valence electrons. The number of carbonyl (C=O) groups is 1. The van der Waals surface area contributed by atoms with Crippen molar-refractivity contribution in [3.05, 3.63) is 46.3 Å². The SMILES string of the molecule is CCN(Cc1cccs1)C(=O)Cc1noc2ccc(OC)cc12. The molecule has 0 radical (unpaired) electrons. The highest BCUT2D eigenvalue weighted by molar-refractivity contribution is 7.09. The van der Waals surface area contributed by atoms with Crippen LogP contribution in [0.4, 0.5) is 0 Å². The Kier molecular flexibility index (Phi) is 4.62. The number of ether oxygens (including phenoxy) is 1. The largest absolute Gasteiger partial charge is 0.497 e. The molecule has 0 fully saturated rings. The Hall–Kier alpha value is -2.34. The van der Waals surface area contributed by atoms with Gasteiger partial charge in [-0.3, -0.25) is 4.79 Å². The summed E-state index contributed by atoms with van der Waals surface area (Å²) in [6, 6.07) is 9.50. The van der Waals surface area contributed by atoms with Crippen molar-refractivity contribution >= 4 is 28.2 Å². The van der Waals surface area contributed by atoms with E-state index in [2.05, 4.69) is 5.16 Å². The summed E-state index contributed by atoms with van der Waals surface area (Å²) in [5.41, 5.74) is 1.31. The highest BCUT2D eigenvalue weighted by Gasteiger charge is 2.18. The van der Waals surface area contributed by atoms with Crippen LogP contribution >= 0.6 is 11.3 Å². The fraction of sp³-hybridized carbons (Fsp3) is 0.294. The van der Waals surface area contributed by atoms with Crippen LogP contribution in [0.3, 0.4) is 0 Å². The van der Waals surface area contributed by atoms with Crippen LogP contribution in [0.5, 0.6) is 5.75 Å². The number of likely N-dealkylation sites (N-methyl/N-ethyl adjacent to an activating group) is 1. The molecule has 0 aliphatic carbocycles. The van der Waals surface area contributed by atoms with Crippen molar-refractivity contribution in [2.24, 2.45) is 0 Å². The molecule has 0 saturated carbocycles. The molecule has 0 saturated heterocycles. The number of benzene rings is 1. The quantitative estimate of drug-likeness (QED) is 0.694. The van der Waals surface area contributed by atoms with Crippen LogP contribution in [0.25, 0.3) is 11.0 Å². The van der Waals surface area contributed by atoms with Crippen LogP contribution < -0.4 is 4.74 Å². The van der Waals surface area contributed by atoms with Crippen molar-refractivity contribution in [1.29, 1.82) is 0 Å². The van der Waals surface area contributed by atoms with E-state index in [1.807, 2.05) is 41.5 Å². The Morgan fingerprint density at radius 2 is 2.26 bits per heavy atom. The van der Waals surface area contributed by atoms with Crippen LogP contribution in [0.1, 0.15) is 17.5 Å². The van der Waals surface area contributed by atoms with Gasteiger partial charge in [0, 0.05) is 16.8 Å². The van der Waals surface area contributed by atoms with Gasteiger partial charge >= 0.3 is 0 Å². The van der Waals surface area contributed by atoms with Crippen LogP contribution in [-0.2, 0) is 17.8 Å². The molecular weight excluding hydrogens is 312 g/mol. The van der Waals surface area contributed by atoms with E-state index in [0.717, 1.165) is 11.1 Å². The number of hydrogen-bond acceptors (Lipinski definition) is 5. The van der Waals surface area contributed by atoms with E-state index in [1.165, 1.54) is 4.88 Å². The molecule has 0 unspecified atom stereocenters. The average Bonchev–Trinajstić information content (AvgIpc) is 3.22. The molecular formula is C17H18N2O3S. The highest BCUT2D eigenvalue weighted by Crippen LogP contribution is 2.24. The number of thiophene rings is 1. The number of hydrogen-bond donors (Lipinski definition) is 0. The first-order valence-corrected chi connectivity index (χ1v) is 8.31. The lowest BCUT2D eigenvalue weighted by Crippen LogP contribution is -2.31. The fourth-order valence-electron chi connectivity index (χ4n) is 2.44. The van der Waals surface area contributed by atoms with Crippen LogP contribution in [0.2, 0.25) is 0 Å². The minimum absolute atomic E-state index is 0.0407. The van der Waals surface area contributed by atoms with Gasteiger partial charge in [0.05, 0.1) is 20.1 Å². The lowest BCUT2D eigenvalue weighted by atomic mass is 10.1. The predicted molar refractivity (Wildman–Crippen MR) is 89.7 cm³/mol. The van der Waals surface area contributed by atoms with Gasteiger partial charge in [-0.25, -0.2) is 0 Å². The topological polar surface area (TPSA) is 55.6 Å². The Morgan fingerprint density at radius 1 is 1.39 bits per heavy atom. The van der Waals surface area contributed by atoms with Crippen molar-refractivity contribution in [2.45, 2.75) is 19.9 Å². The lowest BCUT2D eigenvalue weighted by molar-refractivity contribution is -0.130. The van der Waals surface area contributed by atoms with Gasteiger partial charge in [0.2, 0.25) is 5.91 Å². The van der Waals surface area contributed by atoms with Gasteiger partial charge in [0.25, 0.3) is 0 Å². The summed E-state index contributed by atoms with van der Waals surface area (Å²) in [6.45, 7) is 3.28.